The van der Waals surface area contributed by atoms with Crippen LogP contribution in [0.5, 0.6) is 0 Å². The molecule has 4 heteroatoms. The first-order valence-electron chi connectivity index (χ1n) is 4.75. The fourth-order valence-electron chi connectivity index (χ4n) is 1.25. The normalized spacial score (nSPS) is 12.8. The molecule has 0 aliphatic carbocycles. The predicted molar refractivity (Wildman–Crippen MR) is 56.5 cm³/mol. The molecule has 0 aromatic heterocycles. The van der Waals surface area contributed by atoms with Crippen LogP contribution in [-0.4, -0.2) is 23.9 Å². The minimum Gasteiger partial charge on any atom is -0.368 e. The van der Waals surface area contributed by atoms with Gasteiger partial charge in [0.2, 0.25) is 5.91 Å². The van der Waals surface area contributed by atoms with Crippen molar-refractivity contribution in [1.29, 1.82) is 0 Å². The van der Waals surface area contributed by atoms with Gasteiger partial charge in [0.05, 0.1) is 6.04 Å². The zero-order chi connectivity index (χ0) is 11.4. The van der Waals surface area contributed by atoms with Crippen molar-refractivity contribution in [3.8, 4) is 0 Å². The molecule has 0 fully saturated rings. The van der Waals surface area contributed by atoms with Gasteiger partial charge in [-0.05, 0) is 20.0 Å². The molecule has 3 nitrogen and oxygen atoms in total. The first kappa shape index (κ1) is 11.7. The van der Waals surface area contributed by atoms with Gasteiger partial charge in [-0.2, -0.15) is 0 Å². The standard InChI is InChI=1S/C11H15FN2O/c1-8(11(13)15)14(2)7-9-5-3-4-6-10(9)12/h3-6,8H,7H2,1-2H3,(H2,13,15). The van der Waals surface area contributed by atoms with Gasteiger partial charge in [0, 0.05) is 12.1 Å². The largest absolute Gasteiger partial charge is 0.368 e. The van der Waals surface area contributed by atoms with Crippen LogP contribution in [0.1, 0.15) is 12.5 Å². The number of carbonyl (C=O) groups excluding carboxylic acids is 1. The third-order valence-corrected chi connectivity index (χ3v) is 2.45. The lowest BCUT2D eigenvalue weighted by molar-refractivity contribution is -0.122. The molecule has 15 heavy (non-hydrogen) atoms. The lowest BCUT2D eigenvalue weighted by atomic mass is 10.2. The molecular weight excluding hydrogens is 195 g/mol. The number of benzene rings is 1. The van der Waals surface area contributed by atoms with Crippen molar-refractivity contribution in [2.75, 3.05) is 7.05 Å². The molecule has 1 amide bonds. The van der Waals surface area contributed by atoms with Crippen LogP contribution in [0.15, 0.2) is 24.3 Å². The molecule has 1 atom stereocenters. The van der Waals surface area contributed by atoms with E-state index in [9.17, 15) is 9.18 Å². The zero-order valence-electron chi connectivity index (χ0n) is 8.90. The Balaban J connectivity index is 2.70. The molecule has 0 saturated carbocycles. The summed E-state index contributed by atoms with van der Waals surface area (Å²) in [5, 5.41) is 0. The number of nitrogens with zero attached hydrogens (tertiary/aromatic N) is 1. The second-order valence-electron chi connectivity index (χ2n) is 3.58. The third-order valence-electron chi connectivity index (χ3n) is 2.45. The molecule has 82 valence electrons. The molecule has 0 bridgehead atoms. The van der Waals surface area contributed by atoms with E-state index in [2.05, 4.69) is 0 Å². The molecule has 1 aromatic rings. The van der Waals surface area contributed by atoms with E-state index in [1.54, 1.807) is 37.1 Å². The van der Waals surface area contributed by atoms with Crippen molar-refractivity contribution in [2.45, 2.75) is 19.5 Å². The summed E-state index contributed by atoms with van der Waals surface area (Å²) in [6, 6.07) is 6.10. The first-order chi connectivity index (χ1) is 7.02. The van der Waals surface area contributed by atoms with E-state index in [4.69, 9.17) is 5.73 Å². The molecule has 0 aliphatic heterocycles. The molecule has 0 spiro atoms. The molecule has 0 saturated heterocycles. The fourth-order valence-corrected chi connectivity index (χ4v) is 1.25. The lowest BCUT2D eigenvalue weighted by Gasteiger charge is -2.21. The highest BCUT2D eigenvalue weighted by molar-refractivity contribution is 5.79. The average Bonchev–Trinajstić information content (AvgIpc) is 2.20. The van der Waals surface area contributed by atoms with E-state index < -0.39 is 11.9 Å². The highest BCUT2D eigenvalue weighted by atomic mass is 19.1. The van der Waals surface area contributed by atoms with E-state index in [-0.39, 0.29) is 5.82 Å². The van der Waals surface area contributed by atoms with Gasteiger partial charge in [-0.3, -0.25) is 9.69 Å². The van der Waals surface area contributed by atoms with E-state index >= 15 is 0 Å². The summed E-state index contributed by atoms with van der Waals surface area (Å²) in [6.07, 6.45) is 0. The second kappa shape index (κ2) is 4.89. The summed E-state index contributed by atoms with van der Waals surface area (Å²) in [5.41, 5.74) is 5.72. The van der Waals surface area contributed by atoms with Crippen LogP contribution >= 0.6 is 0 Å². The topological polar surface area (TPSA) is 46.3 Å². The molecule has 0 aliphatic rings. The maximum Gasteiger partial charge on any atom is 0.234 e. The number of halogens is 1. The Bertz CT molecular complexity index is 354. The van der Waals surface area contributed by atoms with Crippen LogP contribution in [0, 0.1) is 5.82 Å². The Labute approximate surface area is 88.7 Å². The van der Waals surface area contributed by atoms with Crippen molar-refractivity contribution >= 4 is 5.91 Å². The van der Waals surface area contributed by atoms with Crippen LogP contribution in [-0.2, 0) is 11.3 Å². The maximum atomic E-state index is 13.3. The van der Waals surface area contributed by atoms with Crippen LogP contribution in [0.3, 0.4) is 0 Å². The Morgan fingerprint density at radius 3 is 2.67 bits per heavy atom. The fraction of sp³-hybridized carbons (Fsp3) is 0.364. The molecular formula is C11H15FN2O. The van der Waals surface area contributed by atoms with Crippen molar-refractivity contribution in [1.82, 2.24) is 4.90 Å². The molecule has 0 heterocycles. The van der Waals surface area contributed by atoms with E-state index in [1.165, 1.54) is 6.07 Å². The smallest absolute Gasteiger partial charge is 0.234 e. The number of nitrogens with two attached hydrogens (primary N) is 1. The monoisotopic (exact) mass is 210 g/mol. The van der Waals surface area contributed by atoms with Gasteiger partial charge < -0.3 is 5.73 Å². The first-order valence-corrected chi connectivity index (χ1v) is 4.75. The van der Waals surface area contributed by atoms with E-state index in [0.29, 0.717) is 12.1 Å². The minimum absolute atomic E-state index is 0.263. The van der Waals surface area contributed by atoms with Crippen LogP contribution in [0.2, 0.25) is 0 Å². The average molecular weight is 210 g/mol. The Morgan fingerprint density at radius 1 is 1.53 bits per heavy atom. The number of rotatable bonds is 4. The van der Waals surface area contributed by atoms with E-state index in [0.717, 1.165) is 0 Å². The SMILES string of the molecule is CC(C(N)=O)N(C)Cc1ccccc1F. The Morgan fingerprint density at radius 2 is 2.13 bits per heavy atom. The molecule has 2 N–H and O–H groups in total. The Kier molecular flexibility index (Phi) is 3.80. The van der Waals surface area contributed by atoms with Gasteiger partial charge in [-0.25, -0.2) is 4.39 Å². The molecule has 1 aromatic carbocycles. The van der Waals surface area contributed by atoms with Crippen molar-refractivity contribution in [2.24, 2.45) is 5.73 Å². The second-order valence-corrected chi connectivity index (χ2v) is 3.58. The van der Waals surface area contributed by atoms with Crippen LogP contribution < -0.4 is 5.73 Å². The minimum atomic E-state index is -0.408. The number of amides is 1. The van der Waals surface area contributed by atoms with Gasteiger partial charge in [-0.1, -0.05) is 18.2 Å². The van der Waals surface area contributed by atoms with Gasteiger partial charge in [0.1, 0.15) is 5.82 Å². The molecule has 0 radical (unpaired) electrons. The van der Waals surface area contributed by atoms with Gasteiger partial charge in [0.25, 0.3) is 0 Å². The van der Waals surface area contributed by atoms with Gasteiger partial charge in [-0.15, -0.1) is 0 Å². The zero-order valence-corrected chi connectivity index (χ0v) is 8.90. The Hall–Kier alpha value is -1.42. The van der Waals surface area contributed by atoms with Crippen molar-refractivity contribution in [3.63, 3.8) is 0 Å². The highest BCUT2D eigenvalue weighted by Crippen LogP contribution is 2.10. The number of hydrogen-bond acceptors (Lipinski definition) is 2. The highest BCUT2D eigenvalue weighted by Gasteiger charge is 2.15. The van der Waals surface area contributed by atoms with Gasteiger partial charge in [0.15, 0.2) is 0 Å². The third kappa shape index (κ3) is 3.02. The summed E-state index contributed by atoms with van der Waals surface area (Å²) in [4.78, 5) is 12.6. The quantitative estimate of drug-likeness (QED) is 0.809. The van der Waals surface area contributed by atoms with Crippen molar-refractivity contribution in [3.05, 3.63) is 35.6 Å². The summed E-state index contributed by atoms with van der Waals surface area (Å²) >= 11 is 0. The van der Waals surface area contributed by atoms with Gasteiger partial charge >= 0.3 is 0 Å². The number of hydrogen-bond donors (Lipinski definition) is 1. The van der Waals surface area contributed by atoms with Crippen molar-refractivity contribution < 1.29 is 9.18 Å². The lowest BCUT2D eigenvalue weighted by Crippen LogP contribution is -2.39. The summed E-state index contributed by atoms with van der Waals surface area (Å²) < 4.78 is 13.3. The summed E-state index contributed by atoms with van der Waals surface area (Å²) in [5.74, 6) is -0.671. The maximum absolute atomic E-state index is 13.3. The number of carbonyl (C=O) groups is 1. The van der Waals surface area contributed by atoms with Crippen LogP contribution in [0.4, 0.5) is 4.39 Å². The number of primary amides is 1. The summed E-state index contributed by atoms with van der Waals surface area (Å²) in [6.45, 7) is 2.07. The molecule has 1 unspecified atom stereocenters. The summed E-state index contributed by atoms with van der Waals surface area (Å²) in [7, 11) is 1.74. The van der Waals surface area contributed by atoms with Crippen LogP contribution in [0.25, 0.3) is 0 Å². The predicted octanol–water partition coefficient (Wildman–Crippen LogP) is 1.13. The van der Waals surface area contributed by atoms with E-state index in [1.807, 2.05) is 0 Å². The molecule has 1 rings (SSSR count). The number of likely N-dealkylation sites (N-methyl/N-ethyl adjacent to an activating group) is 1.